The topological polar surface area (TPSA) is 131 Å². The number of aryl methyl sites for hydroxylation is 1. The molecule has 112 valence electrons. The molecule has 0 saturated heterocycles. The number of carboxylic acid groups (broad SMARTS) is 1. The molecule has 1 unspecified atom stereocenters. The van der Waals surface area contributed by atoms with E-state index in [1.54, 1.807) is 13.8 Å². The number of amides is 1. The summed E-state index contributed by atoms with van der Waals surface area (Å²) in [7, 11) is -2.58. The van der Waals surface area contributed by atoms with Crippen molar-refractivity contribution in [1.29, 1.82) is 0 Å². The van der Waals surface area contributed by atoms with Crippen LogP contribution in [0.3, 0.4) is 0 Å². The number of sulfonamides is 1. The Hall–Kier alpha value is -1.87. The summed E-state index contributed by atoms with van der Waals surface area (Å²) in [6.45, 7) is 3.17. The molecule has 1 aromatic heterocycles. The summed E-state index contributed by atoms with van der Waals surface area (Å²) in [5.41, 5.74) is 5.12. The van der Waals surface area contributed by atoms with Crippen LogP contribution < -0.4 is 10.5 Å². The monoisotopic (exact) mass is 303 g/mol. The maximum atomic E-state index is 12.1. The highest BCUT2D eigenvalue weighted by molar-refractivity contribution is 7.89. The fourth-order valence-corrected chi connectivity index (χ4v) is 3.04. The van der Waals surface area contributed by atoms with Gasteiger partial charge in [-0.1, -0.05) is 13.8 Å². The summed E-state index contributed by atoms with van der Waals surface area (Å²) in [5, 5.41) is 9.00. The molecule has 0 aliphatic rings. The molecule has 0 aromatic carbocycles. The average Bonchev–Trinajstić information content (AvgIpc) is 2.68. The van der Waals surface area contributed by atoms with E-state index in [9.17, 15) is 18.0 Å². The van der Waals surface area contributed by atoms with Crippen LogP contribution in [0, 0.1) is 5.92 Å². The molecule has 8 nitrogen and oxygen atoms in total. The third-order valence-electron chi connectivity index (χ3n) is 2.76. The zero-order chi connectivity index (χ0) is 15.7. The summed E-state index contributed by atoms with van der Waals surface area (Å²) in [4.78, 5) is 21.9. The smallest absolute Gasteiger partial charge is 0.322 e. The van der Waals surface area contributed by atoms with Crippen LogP contribution in [0.2, 0.25) is 0 Å². The number of primary amides is 1. The number of aliphatic carboxylic acids is 1. The van der Waals surface area contributed by atoms with E-state index in [0.717, 1.165) is 6.07 Å². The van der Waals surface area contributed by atoms with E-state index in [1.165, 1.54) is 17.8 Å². The molecule has 1 aromatic rings. The van der Waals surface area contributed by atoms with Crippen LogP contribution in [0.1, 0.15) is 24.3 Å². The average molecular weight is 303 g/mol. The second-order valence-corrected chi connectivity index (χ2v) is 6.43. The predicted molar refractivity (Wildman–Crippen MR) is 70.5 cm³/mol. The number of carbonyl (C=O) groups excluding carboxylic acids is 1. The third kappa shape index (κ3) is 3.36. The molecule has 0 bridgehead atoms. The molecule has 9 heteroatoms. The molecule has 1 atom stereocenters. The van der Waals surface area contributed by atoms with Crippen LogP contribution in [-0.2, 0) is 21.9 Å². The maximum absolute atomic E-state index is 12.1. The quantitative estimate of drug-likeness (QED) is 0.652. The normalized spacial score (nSPS) is 13.4. The largest absolute Gasteiger partial charge is 0.480 e. The van der Waals surface area contributed by atoms with E-state index in [0.29, 0.717) is 0 Å². The first-order chi connectivity index (χ1) is 9.06. The van der Waals surface area contributed by atoms with E-state index in [-0.39, 0.29) is 10.6 Å². The van der Waals surface area contributed by atoms with Gasteiger partial charge in [0.15, 0.2) is 0 Å². The summed E-state index contributed by atoms with van der Waals surface area (Å²) in [6, 6.07) is -0.151. The molecule has 1 amide bonds. The molecule has 20 heavy (non-hydrogen) atoms. The van der Waals surface area contributed by atoms with Gasteiger partial charge in [-0.3, -0.25) is 9.59 Å². The maximum Gasteiger partial charge on any atom is 0.322 e. The van der Waals surface area contributed by atoms with Gasteiger partial charge in [0.2, 0.25) is 10.0 Å². The lowest BCUT2D eigenvalue weighted by atomic mass is 10.1. The number of nitrogens with two attached hydrogens (primary N) is 1. The Morgan fingerprint density at radius 1 is 1.40 bits per heavy atom. The summed E-state index contributed by atoms with van der Waals surface area (Å²) in [6.07, 6.45) is 1.20. The van der Waals surface area contributed by atoms with Gasteiger partial charge in [-0.2, -0.15) is 4.72 Å². The van der Waals surface area contributed by atoms with Gasteiger partial charge < -0.3 is 15.4 Å². The second-order valence-electron chi connectivity index (χ2n) is 4.72. The molecule has 4 N–H and O–H groups in total. The standard InChI is InChI=1S/C11H17N3O5S/c1-6(2)9(11(16)17)13-20(18,19)7-4-8(10(12)15)14(3)5-7/h4-6,9,13H,1-3H3,(H2,12,15)(H,16,17). The van der Waals surface area contributed by atoms with Crippen LogP contribution in [0.4, 0.5) is 0 Å². The van der Waals surface area contributed by atoms with Crippen LogP contribution >= 0.6 is 0 Å². The summed E-state index contributed by atoms with van der Waals surface area (Å²) < 4.78 is 27.6. The van der Waals surface area contributed by atoms with E-state index < -0.39 is 33.9 Å². The Bertz CT molecular complexity index is 632. The minimum Gasteiger partial charge on any atom is -0.480 e. The van der Waals surface area contributed by atoms with Gasteiger partial charge in [-0.25, -0.2) is 8.42 Å². The van der Waals surface area contributed by atoms with Gasteiger partial charge in [0, 0.05) is 13.2 Å². The Morgan fingerprint density at radius 2 is 1.95 bits per heavy atom. The van der Waals surface area contributed by atoms with Crippen molar-refractivity contribution in [2.24, 2.45) is 18.7 Å². The SMILES string of the molecule is CC(C)C(NS(=O)(=O)c1cc(C(N)=O)n(C)c1)C(=O)O. The molecule has 0 radical (unpaired) electrons. The van der Waals surface area contributed by atoms with Crippen LogP contribution in [-0.4, -0.2) is 36.0 Å². The lowest BCUT2D eigenvalue weighted by Crippen LogP contribution is -2.44. The van der Waals surface area contributed by atoms with E-state index in [2.05, 4.69) is 4.72 Å². The number of nitrogens with zero attached hydrogens (tertiary/aromatic N) is 1. The number of rotatable bonds is 6. The highest BCUT2D eigenvalue weighted by Gasteiger charge is 2.29. The highest BCUT2D eigenvalue weighted by atomic mass is 32.2. The van der Waals surface area contributed by atoms with Gasteiger partial charge in [0.1, 0.15) is 16.6 Å². The number of hydrogen-bond donors (Lipinski definition) is 3. The van der Waals surface area contributed by atoms with Crippen molar-refractivity contribution in [1.82, 2.24) is 9.29 Å². The lowest BCUT2D eigenvalue weighted by molar-refractivity contribution is -0.140. The zero-order valence-electron chi connectivity index (χ0n) is 11.3. The van der Waals surface area contributed by atoms with Crippen molar-refractivity contribution < 1.29 is 23.1 Å². The van der Waals surface area contributed by atoms with Crippen molar-refractivity contribution in [3.05, 3.63) is 18.0 Å². The van der Waals surface area contributed by atoms with Gasteiger partial charge >= 0.3 is 5.97 Å². The van der Waals surface area contributed by atoms with Crippen LogP contribution in [0.5, 0.6) is 0 Å². The first kappa shape index (κ1) is 16.2. The van der Waals surface area contributed by atoms with Gasteiger partial charge in [0.05, 0.1) is 0 Å². The van der Waals surface area contributed by atoms with Gasteiger partial charge in [-0.15, -0.1) is 0 Å². The third-order valence-corrected chi connectivity index (χ3v) is 4.17. The van der Waals surface area contributed by atoms with Crippen molar-refractivity contribution in [2.45, 2.75) is 24.8 Å². The fraction of sp³-hybridized carbons (Fsp3) is 0.455. The van der Waals surface area contributed by atoms with Crippen molar-refractivity contribution in [2.75, 3.05) is 0 Å². The number of hydrogen-bond acceptors (Lipinski definition) is 4. The molecule has 0 aliphatic carbocycles. The van der Waals surface area contributed by atoms with Crippen molar-refractivity contribution in [3.63, 3.8) is 0 Å². The zero-order valence-corrected chi connectivity index (χ0v) is 12.1. The molecular formula is C11H17N3O5S. The number of nitrogens with one attached hydrogen (secondary N) is 1. The molecule has 0 spiro atoms. The second kappa shape index (κ2) is 5.63. The van der Waals surface area contributed by atoms with Crippen LogP contribution in [0.15, 0.2) is 17.2 Å². The predicted octanol–water partition coefficient (Wildman–Crippen LogP) is -0.488. The Balaban J connectivity index is 3.14. The number of aromatic nitrogens is 1. The summed E-state index contributed by atoms with van der Waals surface area (Å²) >= 11 is 0. The van der Waals surface area contributed by atoms with Crippen molar-refractivity contribution in [3.8, 4) is 0 Å². The minimum atomic E-state index is -4.04. The first-order valence-corrected chi connectivity index (χ1v) is 7.26. The Kier molecular flexibility index (Phi) is 4.56. The number of carbonyl (C=O) groups is 2. The van der Waals surface area contributed by atoms with Gasteiger partial charge in [0.25, 0.3) is 5.91 Å². The van der Waals surface area contributed by atoms with Gasteiger partial charge in [-0.05, 0) is 12.0 Å². The van der Waals surface area contributed by atoms with E-state index in [1.807, 2.05) is 0 Å². The van der Waals surface area contributed by atoms with E-state index in [4.69, 9.17) is 10.8 Å². The molecular weight excluding hydrogens is 286 g/mol. The highest BCUT2D eigenvalue weighted by Crippen LogP contribution is 2.15. The summed E-state index contributed by atoms with van der Waals surface area (Å²) in [5.74, 6) is -2.47. The lowest BCUT2D eigenvalue weighted by Gasteiger charge is -2.17. The number of carboxylic acids is 1. The molecule has 0 aliphatic heterocycles. The Morgan fingerprint density at radius 3 is 2.30 bits per heavy atom. The minimum absolute atomic E-state index is 0.0156. The van der Waals surface area contributed by atoms with E-state index >= 15 is 0 Å². The first-order valence-electron chi connectivity index (χ1n) is 5.77. The van der Waals surface area contributed by atoms with Crippen molar-refractivity contribution >= 4 is 21.9 Å². The molecule has 1 heterocycles. The fourth-order valence-electron chi connectivity index (χ4n) is 1.63. The molecule has 0 fully saturated rings. The Labute approximate surface area is 116 Å². The molecule has 1 rings (SSSR count). The molecule has 0 saturated carbocycles. The van der Waals surface area contributed by atoms with Crippen LogP contribution in [0.25, 0.3) is 0 Å².